The lowest BCUT2D eigenvalue weighted by Crippen LogP contribution is -2.17. The second-order valence-electron chi connectivity index (χ2n) is 7.20. The molecule has 0 aliphatic heterocycles. The van der Waals surface area contributed by atoms with Crippen LogP contribution in [-0.4, -0.2) is 22.4 Å². The van der Waals surface area contributed by atoms with Crippen molar-refractivity contribution in [3.8, 4) is 5.75 Å². The van der Waals surface area contributed by atoms with Gasteiger partial charge in [0.25, 0.3) is 0 Å². The van der Waals surface area contributed by atoms with Crippen molar-refractivity contribution >= 4 is 17.4 Å². The second kappa shape index (κ2) is 8.66. The van der Waals surface area contributed by atoms with Gasteiger partial charge in [-0.25, -0.2) is 4.98 Å². The average Bonchev–Trinajstić information content (AvgIpc) is 3.26. The summed E-state index contributed by atoms with van der Waals surface area (Å²) in [6, 6.07) is 11.6. The molecule has 0 saturated carbocycles. The highest BCUT2D eigenvalue weighted by molar-refractivity contribution is 6.31. The zero-order valence-corrected chi connectivity index (χ0v) is 16.9. The van der Waals surface area contributed by atoms with Gasteiger partial charge in [0.1, 0.15) is 18.2 Å². The Balaban J connectivity index is 1.67. The standard InChI is InChI=1S/C24H23ClN2O2/c1-2-6-19-16-8-5-10-22(28)18(16)11-12-23(19)29-15-20(24-26-13-14-27-24)17-7-3-4-9-21(17)25/h2-4,7,9,11-14,20H,1,5-6,8,10,15H2,(H,26,27). The number of Topliss-reactive ketones (excluding diaryl/α,β-unsaturated/α-hetero) is 1. The third-order valence-electron chi connectivity index (χ3n) is 5.40. The molecule has 5 heteroatoms. The van der Waals surface area contributed by atoms with Crippen molar-refractivity contribution in [2.45, 2.75) is 31.6 Å². The van der Waals surface area contributed by atoms with Gasteiger partial charge in [0, 0.05) is 35.0 Å². The number of ketones is 1. The first-order chi connectivity index (χ1) is 14.2. The van der Waals surface area contributed by atoms with Crippen LogP contribution in [0.1, 0.15) is 51.6 Å². The predicted octanol–water partition coefficient (Wildman–Crippen LogP) is 5.52. The molecule has 1 heterocycles. The van der Waals surface area contributed by atoms with Gasteiger partial charge in [0.05, 0.1) is 5.92 Å². The van der Waals surface area contributed by atoms with Crippen LogP contribution in [0.25, 0.3) is 0 Å². The molecule has 3 aromatic rings. The van der Waals surface area contributed by atoms with Crippen LogP contribution in [0.5, 0.6) is 5.75 Å². The molecule has 4 rings (SSSR count). The highest BCUT2D eigenvalue weighted by Gasteiger charge is 2.24. The van der Waals surface area contributed by atoms with E-state index in [1.54, 1.807) is 12.4 Å². The topological polar surface area (TPSA) is 55.0 Å². The number of H-pyrrole nitrogens is 1. The van der Waals surface area contributed by atoms with Gasteiger partial charge in [-0.1, -0.05) is 35.9 Å². The minimum Gasteiger partial charge on any atom is -0.492 e. The summed E-state index contributed by atoms with van der Waals surface area (Å²) in [7, 11) is 0. The van der Waals surface area contributed by atoms with Crippen molar-refractivity contribution in [1.82, 2.24) is 9.97 Å². The first-order valence-corrected chi connectivity index (χ1v) is 10.2. The van der Waals surface area contributed by atoms with Gasteiger partial charge in [0.15, 0.2) is 5.78 Å². The van der Waals surface area contributed by atoms with Crippen LogP contribution < -0.4 is 4.74 Å². The van der Waals surface area contributed by atoms with Crippen molar-refractivity contribution < 1.29 is 9.53 Å². The number of aromatic amines is 1. The molecule has 0 fully saturated rings. The Morgan fingerprint density at radius 1 is 1.24 bits per heavy atom. The van der Waals surface area contributed by atoms with Crippen LogP contribution in [0.2, 0.25) is 5.02 Å². The zero-order valence-electron chi connectivity index (χ0n) is 16.2. The van der Waals surface area contributed by atoms with Gasteiger partial charge in [-0.05, 0) is 48.6 Å². The van der Waals surface area contributed by atoms with E-state index in [0.717, 1.165) is 46.7 Å². The fourth-order valence-corrected chi connectivity index (χ4v) is 4.26. The predicted molar refractivity (Wildman–Crippen MR) is 115 cm³/mol. The van der Waals surface area contributed by atoms with E-state index in [4.69, 9.17) is 16.3 Å². The summed E-state index contributed by atoms with van der Waals surface area (Å²) in [5.41, 5.74) is 3.95. The van der Waals surface area contributed by atoms with E-state index < -0.39 is 0 Å². The lowest BCUT2D eigenvalue weighted by Gasteiger charge is -2.23. The van der Waals surface area contributed by atoms with E-state index in [2.05, 4.69) is 16.5 Å². The quantitative estimate of drug-likeness (QED) is 0.525. The van der Waals surface area contributed by atoms with Crippen LogP contribution in [0.4, 0.5) is 0 Å². The number of allylic oxidation sites excluding steroid dienone is 1. The summed E-state index contributed by atoms with van der Waals surface area (Å²) >= 11 is 6.46. The Kier molecular flexibility index (Phi) is 5.81. The van der Waals surface area contributed by atoms with E-state index in [9.17, 15) is 4.79 Å². The van der Waals surface area contributed by atoms with Crippen molar-refractivity contribution in [2.24, 2.45) is 0 Å². The van der Waals surface area contributed by atoms with E-state index in [1.807, 2.05) is 42.5 Å². The number of hydrogen-bond donors (Lipinski definition) is 1. The van der Waals surface area contributed by atoms with E-state index in [-0.39, 0.29) is 11.7 Å². The molecule has 4 nitrogen and oxygen atoms in total. The molecule has 148 valence electrons. The molecular weight excluding hydrogens is 384 g/mol. The van der Waals surface area contributed by atoms with Crippen molar-refractivity contribution in [3.05, 3.63) is 94.5 Å². The molecule has 0 amide bonds. The van der Waals surface area contributed by atoms with Crippen LogP contribution >= 0.6 is 11.6 Å². The molecule has 29 heavy (non-hydrogen) atoms. The summed E-state index contributed by atoms with van der Waals surface area (Å²) in [6.07, 6.45) is 8.46. The smallest absolute Gasteiger partial charge is 0.163 e. The Morgan fingerprint density at radius 2 is 2.10 bits per heavy atom. The molecule has 2 aromatic carbocycles. The summed E-state index contributed by atoms with van der Waals surface area (Å²) in [5.74, 6) is 1.68. The van der Waals surface area contributed by atoms with Crippen molar-refractivity contribution in [1.29, 1.82) is 0 Å². The monoisotopic (exact) mass is 406 g/mol. The number of imidazole rings is 1. The fourth-order valence-electron chi connectivity index (χ4n) is 4.00. The maximum absolute atomic E-state index is 12.3. The van der Waals surface area contributed by atoms with Gasteiger partial charge < -0.3 is 9.72 Å². The molecule has 1 atom stereocenters. The first-order valence-electron chi connectivity index (χ1n) is 9.84. The molecular formula is C24H23ClN2O2. The van der Waals surface area contributed by atoms with Crippen LogP contribution in [0, 0.1) is 0 Å². The molecule has 1 aliphatic carbocycles. The molecule has 0 spiro atoms. The number of nitrogens with one attached hydrogen (secondary N) is 1. The largest absolute Gasteiger partial charge is 0.492 e. The first kappa shape index (κ1) is 19.5. The number of hydrogen-bond acceptors (Lipinski definition) is 3. The second-order valence-corrected chi connectivity index (χ2v) is 7.60. The fraction of sp³-hybridized carbons (Fsp3) is 0.250. The molecule has 1 aromatic heterocycles. The highest BCUT2D eigenvalue weighted by atomic mass is 35.5. The Bertz CT molecular complexity index is 1030. The lowest BCUT2D eigenvalue weighted by molar-refractivity contribution is 0.0972. The number of fused-ring (bicyclic) bond motifs is 1. The van der Waals surface area contributed by atoms with Crippen molar-refractivity contribution in [2.75, 3.05) is 6.61 Å². The number of benzene rings is 2. The van der Waals surface area contributed by atoms with Gasteiger partial charge in [-0.15, -0.1) is 6.58 Å². The van der Waals surface area contributed by atoms with Crippen LogP contribution in [0.15, 0.2) is 61.4 Å². The normalized spacial score (nSPS) is 14.3. The highest BCUT2D eigenvalue weighted by Crippen LogP contribution is 2.34. The number of carbonyl (C=O) groups excluding carboxylic acids is 1. The number of ether oxygens (including phenoxy) is 1. The maximum Gasteiger partial charge on any atom is 0.163 e. The summed E-state index contributed by atoms with van der Waals surface area (Å²) < 4.78 is 6.31. The third-order valence-corrected chi connectivity index (χ3v) is 5.75. The molecule has 0 bridgehead atoms. The van der Waals surface area contributed by atoms with E-state index in [1.165, 1.54) is 0 Å². The molecule has 0 radical (unpaired) electrons. The number of halogens is 1. The van der Waals surface area contributed by atoms with Gasteiger partial charge in [-0.3, -0.25) is 4.79 Å². The molecule has 1 unspecified atom stereocenters. The summed E-state index contributed by atoms with van der Waals surface area (Å²) in [6.45, 7) is 4.27. The number of rotatable bonds is 7. The molecule has 1 aliphatic rings. The van der Waals surface area contributed by atoms with Crippen LogP contribution in [-0.2, 0) is 12.8 Å². The number of nitrogens with zero attached hydrogens (tertiary/aromatic N) is 1. The van der Waals surface area contributed by atoms with E-state index in [0.29, 0.717) is 24.5 Å². The summed E-state index contributed by atoms with van der Waals surface area (Å²) in [5, 5.41) is 0.680. The number of aromatic nitrogens is 2. The third kappa shape index (κ3) is 3.99. The van der Waals surface area contributed by atoms with E-state index >= 15 is 0 Å². The molecule has 0 saturated heterocycles. The zero-order chi connectivity index (χ0) is 20.2. The van der Waals surface area contributed by atoms with Gasteiger partial charge >= 0.3 is 0 Å². The SMILES string of the molecule is C=CCc1c(OCC(c2ncc[nH]2)c2ccccc2Cl)ccc2c1CCCC2=O. The van der Waals surface area contributed by atoms with Gasteiger partial charge in [0.2, 0.25) is 0 Å². The number of carbonyl (C=O) groups is 1. The Hall–Kier alpha value is -2.85. The minimum atomic E-state index is -0.132. The lowest BCUT2D eigenvalue weighted by atomic mass is 9.86. The average molecular weight is 407 g/mol. The Labute approximate surface area is 175 Å². The maximum atomic E-state index is 12.3. The Morgan fingerprint density at radius 3 is 2.86 bits per heavy atom. The molecule has 1 N–H and O–H groups in total. The van der Waals surface area contributed by atoms with Gasteiger partial charge in [-0.2, -0.15) is 0 Å². The minimum absolute atomic E-state index is 0.132. The van der Waals surface area contributed by atoms with Crippen LogP contribution in [0.3, 0.4) is 0 Å². The van der Waals surface area contributed by atoms with Crippen molar-refractivity contribution in [3.63, 3.8) is 0 Å². The summed E-state index contributed by atoms with van der Waals surface area (Å²) in [4.78, 5) is 19.9.